The molecule has 0 N–H and O–H groups in total. The van der Waals surface area contributed by atoms with Crippen LogP contribution in [0, 0.1) is 29.4 Å². The smallest absolute Gasteiger partial charge is 0.162 e. The van der Waals surface area contributed by atoms with E-state index in [4.69, 9.17) is 0 Å². The number of halogens is 2. The third-order valence-corrected chi connectivity index (χ3v) is 5.36. The molecule has 2 heteroatoms. The van der Waals surface area contributed by atoms with Crippen LogP contribution in [0.15, 0.2) is 24.8 Å². The topological polar surface area (TPSA) is 0 Å². The second kappa shape index (κ2) is 5.67. The second-order valence-corrected chi connectivity index (χ2v) is 6.41. The largest absolute Gasteiger partial charge is 0.204 e. The quantitative estimate of drug-likeness (QED) is 0.662. The first-order chi connectivity index (χ1) is 9.69. The fourth-order valence-corrected chi connectivity index (χ4v) is 4.06. The van der Waals surface area contributed by atoms with Crippen molar-refractivity contribution in [1.82, 2.24) is 0 Å². The second-order valence-electron chi connectivity index (χ2n) is 6.41. The Morgan fingerprint density at radius 1 is 1.00 bits per heavy atom. The van der Waals surface area contributed by atoms with Gasteiger partial charge >= 0.3 is 0 Å². The highest BCUT2D eigenvalue weighted by Gasteiger charge is 2.30. The van der Waals surface area contributed by atoms with Crippen LogP contribution < -0.4 is 0 Å². The molecule has 1 atom stereocenters. The zero-order chi connectivity index (χ0) is 14.1. The average Bonchev–Trinajstić information content (AvgIpc) is 2.51. The van der Waals surface area contributed by atoms with E-state index in [0.29, 0.717) is 23.8 Å². The van der Waals surface area contributed by atoms with E-state index in [1.54, 1.807) is 6.07 Å². The van der Waals surface area contributed by atoms with Crippen LogP contribution in [-0.2, 0) is 12.8 Å². The maximum Gasteiger partial charge on any atom is 0.162 e. The number of rotatable bonds is 2. The normalized spacial score (nSPS) is 29.8. The predicted molar refractivity (Wildman–Crippen MR) is 77.5 cm³/mol. The summed E-state index contributed by atoms with van der Waals surface area (Å²) in [4.78, 5) is 0. The monoisotopic (exact) mass is 276 g/mol. The molecule has 1 unspecified atom stereocenters. The highest BCUT2D eigenvalue weighted by molar-refractivity contribution is 5.32. The number of benzene rings is 1. The molecule has 1 aromatic rings. The minimum Gasteiger partial charge on any atom is -0.204 e. The van der Waals surface area contributed by atoms with E-state index in [0.717, 1.165) is 24.3 Å². The van der Waals surface area contributed by atoms with E-state index in [-0.39, 0.29) is 0 Å². The highest BCUT2D eigenvalue weighted by Crippen LogP contribution is 2.40. The summed E-state index contributed by atoms with van der Waals surface area (Å²) in [5.74, 6) is 0.782. The predicted octanol–water partition coefficient (Wildman–Crippen LogP) is 5.06. The summed E-state index contributed by atoms with van der Waals surface area (Å²) in [6, 6.07) is 3.07. The molecule has 0 bridgehead atoms. The molecule has 1 aromatic carbocycles. The standard InChI is InChI=1S/C18H22F2/c1-2-12-3-5-13(6-4-12)14-7-9-16-15(11-14)8-10-17(19)18(16)20/h2,8,10,12-14H,1,3-7,9,11H2. The fraction of sp³-hybridized carbons (Fsp3) is 0.556. The molecule has 0 aliphatic heterocycles. The molecule has 0 aromatic heterocycles. The third kappa shape index (κ3) is 2.53. The summed E-state index contributed by atoms with van der Waals surface area (Å²) in [6.45, 7) is 3.89. The van der Waals surface area contributed by atoms with Gasteiger partial charge in [0.2, 0.25) is 0 Å². The Kier molecular flexibility index (Phi) is 3.91. The minimum absolute atomic E-state index is 0.615. The molecule has 20 heavy (non-hydrogen) atoms. The molecule has 2 aliphatic rings. The van der Waals surface area contributed by atoms with Crippen LogP contribution in [0.5, 0.6) is 0 Å². The summed E-state index contributed by atoms with van der Waals surface area (Å²) in [5, 5.41) is 0. The van der Waals surface area contributed by atoms with Crippen molar-refractivity contribution in [2.45, 2.75) is 44.9 Å². The minimum atomic E-state index is -0.700. The first-order valence-corrected chi connectivity index (χ1v) is 7.77. The molecule has 0 heterocycles. The van der Waals surface area contributed by atoms with Gasteiger partial charge < -0.3 is 0 Å². The summed E-state index contributed by atoms with van der Waals surface area (Å²) in [5.41, 5.74) is 1.66. The Morgan fingerprint density at radius 3 is 2.45 bits per heavy atom. The molecule has 0 nitrogen and oxygen atoms in total. The van der Waals surface area contributed by atoms with Crippen molar-refractivity contribution in [3.63, 3.8) is 0 Å². The lowest BCUT2D eigenvalue weighted by molar-refractivity contribution is 0.205. The SMILES string of the molecule is C=CC1CCC(C2CCc3c(ccc(F)c3F)C2)CC1. The molecule has 0 spiro atoms. The van der Waals surface area contributed by atoms with Gasteiger partial charge in [-0.25, -0.2) is 8.78 Å². The summed E-state index contributed by atoms with van der Waals surface area (Å²) in [6.07, 6.45) is 9.74. The van der Waals surface area contributed by atoms with Crippen LogP contribution in [0.1, 0.15) is 43.2 Å². The maximum absolute atomic E-state index is 13.8. The van der Waals surface area contributed by atoms with Crippen LogP contribution in [0.2, 0.25) is 0 Å². The van der Waals surface area contributed by atoms with E-state index in [1.165, 1.54) is 31.7 Å². The fourth-order valence-electron chi connectivity index (χ4n) is 4.06. The van der Waals surface area contributed by atoms with E-state index >= 15 is 0 Å². The van der Waals surface area contributed by atoms with Gasteiger partial charge in [0, 0.05) is 0 Å². The van der Waals surface area contributed by atoms with Crippen LogP contribution >= 0.6 is 0 Å². The number of hydrogen-bond acceptors (Lipinski definition) is 0. The van der Waals surface area contributed by atoms with Crippen molar-refractivity contribution in [2.24, 2.45) is 17.8 Å². The Bertz CT molecular complexity index is 498. The first kappa shape index (κ1) is 13.8. The van der Waals surface area contributed by atoms with Crippen molar-refractivity contribution in [3.8, 4) is 0 Å². The van der Waals surface area contributed by atoms with Gasteiger partial charge in [-0.1, -0.05) is 12.1 Å². The third-order valence-electron chi connectivity index (χ3n) is 5.36. The average molecular weight is 276 g/mol. The first-order valence-electron chi connectivity index (χ1n) is 7.77. The Morgan fingerprint density at radius 2 is 1.75 bits per heavy atom. The van der Waals surface area contributed by atoms with Crippen LogP contribution in [-0.4, -0.2) is 0 Å². The molecule has 0 radical (unpaired) electrons. The Labute approximate surface area is 119 Å². The van der Waals surface area contributed by atoms with Gasteiger partial charge in [0.15, 0.2) is 11.6 Å². The molecule has 0 amide bonds. The van der Waals surface area contributed by atoms with Gasteiger partial charge in [-0.2, -0.15) is 0 Å². The number of hydrogen-bond donors (Lipinski definition) is 0. The molecule has 1 saturated carbocycles. The van der Waals surface area contributed by atoms with Crippen molar-refractivity contribution < 1.29 is 8.78 Å². The number of allylic oxidation sites excluding steroid dienone is 1. The van der Waals surface area contributed by atoms with Crippen molar-refractivity contribution in [3.05, 3.63) is 47.5 Å². The molecule has 1 fully saturated rings. The van der Waals surface area contributed by atoms with E-state index in [9.17, 15) is 8.78 Å². The van der Waals surface area contributed by atoms with Gasteiger partial charge in [-0.15, -0.1) is 6.58 Å². The van der Waals surface area contributed by atoms with Crippen LogP contribution in [0.25, 0.3) is 0 Å². The summed E-state index contributed by atoms with van der Waals surface area (Å²) in [7, 11) is 0. The number of fused-ring (bicyclic) bond motifs is 1. The zero-order valence-electron chi connectivity index (χ0n) is 11.9. The zero-order valence-corrected chi connectivity index (χ0v) is 11.9. The molecule has 3 rings (SSSR count). The van der Waals surface area contributed by atoms with Gasteiger partial charge in [0.25, 0.3) is 0 Å². The highest BCUT2D eigenvalue weighted by atomic mass is 19.2. The van der Waals surface area contributed by atoms with Gasteiger partial charge in [0.05, 0.1) is 0 Å². The van der Waals surface area contributed by atoms with Gasteiger partial charge in [-0.05, 0) is 79.9 Å². The van der Waals surface area contributed by atoms with Crippen LogP contribution in [0.3, 0.4) is 0 Å². The van der Waals surface area contributed by atoms with E-state index in [2.05, 4.69) is 12.7 Å². The summed E-state index contributed by atoms with van der Waals surface area (Å²) < 4.78 is 27.0. The lowest BCUT2D eigenvalue weighted by Gasteiger charge is -2.36. The van der Waals surface area contributed by atoms with Crippen molar-refractivity contribution in [1.29, 1.82) is 0 Å². The summed E-state index contributed by atoms with van der Waals surface area (Å²) >= 11 is 0. The molecular formula is C18H22F2. The molecule has 0 saturated heterocycles. The Hall–Kier alpha value is -1.18. The van der Waals surface area contributed by atoms with Crippen LogP contribution in [0.4, 0.5) is 8.78 Å². The van der Waals surface area contributed by atoms with E-state index in [1.807, 2.05) is 0 Å². The van der Waals surface area contributed by atoms with Gasteiger partial charge in [-0.3, -0.25) is 0 Å². The van der Waals surface area contributed by atoms with E-state index < -0.39 is 11.6 Å². The molecule has 108 valence electrons. The Balaban J connectivity index is 1.70. The maximum atomic E-state index is 13.8. The lowest BCUT2D eigenvalue weighted by atomic mass is 9.70. The van der Waals surface area contributed by atoms with Crippen molar-refractivity contribution >= 4 is 0 Å². The lowest BCUT2D eigenvalue weighted by Crippen LogP contribution is -2.26. The molecule has 2 aliphatic carbocycles. The van der Waals surface area contributed by atoms with Gasteiger partial charge in [0.1, 0.15) is 0 Å². The van der Waals surface area contributed by atoms with Crippen molar-refractivity contribution in [2.75, 3.05) is 0 Å². The molecular weight excluding hydrogens is 254 g/mol.